The van der Waals surface area contributed by atoms with Crippen LogP contribution in [0, 0.1) is 40.6 Å². The van der Waals surface area contributed by atoms with E-state index in [0.717, 1.165) is 0 Å². The lowest BCUT2D eigenvalue weighted by molar-refractivity contribution is -0.128. The summed E-state index contributed by atoms with van der Waals surface area (Å²) >= 11 is 12.8. The first-order valence-electron chi connectivity index (χ1n) is 14.5. The number of nitriles is 1. The number of nitrogens with zero attached hydrogens (tertiary/aromatic N) is 6. The zero-order valence-electron chi connectivity index (χ0n) is 25.4. The number of hydrogen-bond donors (Lipinski definition) is 1. The summed E-state index contributed by atoms with van der Waals surface area (Å²) in [4.78, 5) is 39.5. The van der Waals surface area contributed by atoms with Crippen LogP contribution in [-0.4, -0.2) is 51.7 Å². The highest BCUT2D eigenvalue weighted by atomic mass is 35.5. The summed E-state index contributed by atoms with van der Waals surface area (Å²) in [7, 11) is 0. The van der Waals surface area contributed by atoms with Crippen LogP contribution in [0.25, 0.3) is 22.3 Å². The number of carbonyl (C=O) groups excluding carboxylic acids is 1. The van der Waals surface area contributed by atoms with E-state index in [1.54, 1.807) is 22.1 Å². The Morgan fingerprint density at radius 3 is 2.50 bits per heavy atom. The Hall–Kier alpha value is -4.34. The van der Waals surface area contributed by atoms with Crippen molar-refractivity contribution < 1.29 is 18.0 Å². The first-order chi connectivity index (χ1) is 21.7. The van der Waals surface area contributed by atoms with Gasteiger partial charge in [-0.1, -0.05) is 56.6 Å². The average molecular weight is 673 g/mol. The monoisotopic (exact) mass is 671 g/mol. The number of amides is 1. The van der Waals surface area contributed by atoms with E-state index < -0.39 is 45.3 Å². The summed E-state index contributed by atoms with van der Waals surface area (Å²) < 4.78 is 45.9. The Labute approximate surface area is 273 Å². The van der Waals surface area contributed by atoms with Crippen molar-refractivity contribution in [2.24, 2.45) is 16.8 Å². The SMILES string of the molecule is C=CC(=O)N1CCN(c2c(C#N)c(=O)n(C3C(C(C)C)=NC=CC3C)c3nc(-c4c(F)c(N)c(F)c(F)c4Cl)c(Cl)cc23)C[C@H]1C. The second-order valence-corrected chi connectivity index (χ2v) is 12.4. The molecule has 240 valence electrons. The van der Waals surface area contributed by atoms with Crippen molar-refractivity contribution in [2.45, 2.75) is 39.8 Å². The van der Waals surface area contributed by atoms with Crippen molar-refractivity contribution in [3.63, 3.8) is 0 Å². The van der Waals surface area contributed by atoms with Crippen LogP contribution in [0.3, 0.4) is 0 Å². The Kier molecular flexibility index (Phi) is 8.94. The minimum Gasteiger partial charge on any atom is -0.394 e. The third kappa shape index (κ3) is 5.21. The van der Waals surface area contributed by atoms with E-state index in [9.17, 15) is 23.6 Å². The molecule has 5 rings (SSSR count). The summed E-state index contributed by atoms with van der Waals surface area (Å²) in [5, 5.41) is 9.54. The Balaban J connectivity index is 1.89. The van der Waals surface area contributed by atoms with Gasteiger partial charge in [0, 0.05) is 48.9 Å². The number of hydrogen-bond acceptors (Lipinski definition) is 7. The van der Waals surface area contributed by atoms with E-state index in [2.05, 4.69) is 22.6 Å². The fourth-order valence-corrected chi connectivity index (χ4v) is 6.69. The van der Waals surface area contributed by atoms with E-state index in [0.29, 0.717) is 5.71 Å². The van der Waals surface area contributed by atoms with Crippen LogP contribution >= 0.6 is 23.2 Å². The first kappa shape index (κ1) is 33.0. The molecule has 2 N–H and O–H groups in total. The van der Waals surface area contributed by atoms with Crippen molar-refractivity contribution in [1.82, 2.24) is 14.5 Å². The second-order valence-electron chi connectivity index (χ2n) is 11.6. The number of aliphatic imine (C=N–C) groups is 1. The molecule has 3 aromatic rings. The molecule has 2 aliphatic rings. The van der Waals surface area contributed by atoms with Crippen LogP contribution < -0.4 is 16.2 Å². The van der Waals surface area contributed by atoms with Gasteiger partial charge in [-0.25, -0.2) is 18.2 Å². The maximum atomic E-state index is 15.5. The molecule has 2 aromatic heterocycles. The predicted octanol–water partition coefficient (Wildman–Crippen LogP) is 6.27. The number of piperazine rings is 1. The molecule has 46 heavy (non-hydrogen) atoms. The zero-order chi connectivity index (χ0) is 33.8. The van der Waals surface area contributed by atoms with Gasteiger partial charge in [0.1, 0.15) is 23.0 Å². The highest BCUT2D eigenvalue weighted by Crippen LogP contribution is 2.43. The lowest BCUT2D eigenvalue weighted by Crippen LogP contribution is -2.54. The van der Waals surface area contributed by atoms with E-state index >= 15 is 4.39 Å². The van der Waals surface area contributed by atoms with Crippen molar-refractivity contribution in [1.29, 1.82) is 5.26 Å². The fourth-order valence-electron chi connectivity index (χ4n) is 6.19. The van der Waals surface area contributed by atoms with Gasteiger partial charge in [0.05, 0.1) is 33.0 Å². The van der Waals surface area contributed by atoms with Gasteiger partial charge in [0.15, 0.2) is 17.5 Å². The molecule has 2 unspecified atom stereocenters. The molecule has 1 aromatic carbocycles. The molecule has 0 radical (unpaired) electrons. The minimum absolute atomic E-state index is 0.0186. The van der Waals surface area contributed by atoms with Crippen LogP contribution in [0.4, 0.5) is 24.5 Å². The Morgan fingerprint density at radius 2 is 1.89 bits per heavy atom. The summed E-state index contributed by atoms with van der Waals surface area (Å²) in [6, 6.07) is 2.41. The summed E-state index contributed by atoms with van der Waals surface area (Å²) in [5.41, 5.74) is 3.28. The van der Waals surface area contributed by atoms with E-state index in [-0.39, 0.29) is 76.4 Å². The van der Waals surface area contributed by atoms with Gasteiger partial charge >= 0.3 is 0 Å². The number of nitrogen functional groups attached to an aromatic ring is 1. The van der Waals surface area contributed by atoms with Crippen LogP contribution in [0.5, 0.6) is 0 Å². The van der Waals surface area contributed by atoms with Crippen molar-refractivity contribution in [3.8, 4) is 17.3 Å². The molecule has 0 saturated carbocycles. The Bertz CT molecular complexity index is 1940. The highest BCUT2D eigenvalue weighted by molar-refractivity contribution is 6.37. The minimum atomic E-state index is -1.66. The summed E-state index contributed by atoms with van der Waals surface area (Å²) in [5.74, 6) is -5.33. The van der Waals surface area contributed by atoms with Gasteiger partial charge in [0.25, 0.3) is 5.56 Å². The van der Waals surface area contributed by atoms with E-state index in [1.165, 1.54) is 16.7 Å². The molecule has 3 atom stereocenters. The van der Waals surface area contributed by atoms with Gasteiger partial charge in [-0.2, -0.15) is 5.26 Å². The molecular weight excluding hydrogens is 642 g/mol. The lowest BCUT2D eigenvalue weighted by atomic mass is 9.88. The topological polar surface area (TPSA) is 121 Å². The molecule has 0 spiro atoms. The number of benzene rings is 1. The standard InChI is InChI=1S/C32H30Cl2F3N7O2/c1-6-20(45)43-10-9-42(13-16(43)5)30-17-11-19(33)28(21-22(34)24(36)25(37)26(39)23(21)35)41-31(17)44(32(46)18(30)12-38)29-15(4)7-8-40-27(29)14(2)3/h6-8,11,14-16,29H,1,9-10,13,39H2,2-5H3/t15?,16-,29?/m1/s1. The maximum absolute atomic E-state index is 15.5. The van der Waals surface area contributed by atoms with Crippen LogP contribution in [0.15, 0.2) is 40.8 Å². The molecule has 1 amide bonds. The van der Waals surface area contributed by atoms with E-state index in [1.807, 2.05) is 27.7 Å². The third-order valence-electron chi connectivity index (χ3n) is 8.44. The van der Waals surface area contributed by atoms with Crippen molar-refractivity contribution in [3.05, 3.63) is 74.4 Å². The molecule has 0 bridgehead atoms. The second kappa shape index (κ2) is 12.5. The molecular formula is C32H30Cl2F3N7O2. The zero-order valence-corrected chi connectivity index (χ0v) is 26.9. The van der Waals surface area contributed by atoms with E-state index in [4.69, 9.17) is 28.9 Å². The van der Waals surface area contributed by atoms with Gasteiger partial charge in [0.2, 0.25) is 5.91 Å². The molecule has 4 heterocycles. The van der Waals surface area contributed by atoms with Gasteiger partial charge in [-0.05, 0) is 25.0 Å². The first-order valence-corrected chi connectivity index (χ1v) is 15.2. The third-order valence-corrected chi connectivity index (χ3v) is 9.08. The smallest absolute Gasteiger partial charge is 0.272 e. The largest absolute Gasteiger partial charge is 0.394 e. The fraction of sp³-hybridized carbons (Fsp3) is 0.344. The van der Waals surface area contributed by atoms with Crippen LogP contribution in [-0.2, 0) is 4.79 Å². The normalized spacial score (nSPS) is 19.8. The average Bonchev–Trinajstić information content (AvgIpc) is 3.02. The number of pyridine rings is 2. The number of aromatic nitrogens is 2. The van der Waals surface area contributed by atoms with Crippen molar-refractivity contribution in [2.75, 3.05) is 30.3 Å². The number of anilines is 2. The number of carbonyl (C=O) groups is 1. The van der Waals surface area contributed by atoms with Gasteiger partial charge in [-0.3, -0.25) is 19.1 Å². The number of allylic oxidation sites excluding steroid dienone is 1. The molecule has 14 heteroatoms. The molecule has 1 saturated heterocycles. The van der Waals surface area contributed by atoms with Crippen LogP contribution in [0.2, 0.25) is 10.0 Å². The predicted molar refractivity (Wildman–Crippen MR) is 174 cm³/mol. The molecule has 9 nitrogen and oxygen atoms in total. The number of rotatable bonds is 5. The number of fused-ring (bicyclic) bond motifs is 1. The quantitative estimate of drug-likeness (QED) is 0.148. The highest BCUT2D eigenvalue weighted by Gasteiger charge is 2.36. The summed E-state index contributed by atoms with van der Waals surface area (Å²) in [6.45, 7) is 11.8. The lowest BCUT2D eigenvalue weighted by Gasteiger charge is -2.41. The molecule has 0 aliphatic carbocycles. The van der Waals surface area contributed by atoms with Gasteiger partial charge in [-0.15, -0.1) is 0 Å². The summed E-state index contributed by atoms with van der Waals surface area (Å²) in [6.07, 6.45) is 4.66. The number of nitrogens with two attached hydrogens (primary N) is 1. The Morgan fingerprint density at radius 1 is 1.20 bits per heavy atom. The number of halogens is 5. The molecule has 2 aliphatic heterocycles. The molecule has 1 fully saturated rings. The maximum Gasteiger partial charge on any atom is 0.272 e. The van der Waals surface area contributed by atoms with Gasteiger partial charge < -0.3 is 15.5 Å². The van der Waals surface area contributed by atoms with Crippen LogP contribution in [0.1, 0.15) is 39.3 Å². The van der Waals surface area contributed by atoms with Crippen molar-refractivity contribution >= 4 is 57.2 Å².